The van der Waals surface area contributed by atoms with Gasteiger partial charge in [-0.3, -0.25) is 14.4 Å². The summed E-state index contributed by atoms with van der Waals surface area (Å²) < 4.78 is 16.6. The first kappa shape index (κ1) is 64.8. The Hall–Kier alpha value is -3.15. The summed E-state index contributed by atoms with van der Waals surface area (Å²) in [5, 5.41) is 0. The first-order valence-electron chi connectivity index (χ1n) is 28.9. The van der Waals surface area contributed by atoms with Crippen LogP contribution >= 0.6 is 0 Å². The van der Waals surface area contributed by atoms with Crippen molar-refractivity contribution < 1.29 is 28.6 Å². The van der Waals surface area contributed by atoms with Gasteiger partial charge in [0.05, 0.1) is 0 Å². The topological polar surface area (TPSA) is 78.9 Å². The fourth-order valence-electron chi connectivity index (χ4n) is 8.13. The molecule has 0 saturated heterocycles. The van der Waals surface area contributed by atoms with E-state index in [4.69, 9.17) is 14.2 Å². The highest BCUT2D eigenvalue weighted by molar-refractivity contribution is 5.71. The number of hydrogen-bond donors (Lipinski definition) is 0. The summed E-state index contributed by atoms with van der Waals surface area (Å²) in [5.41, 5.74) is 0. The lowest BCUT2D eigenvalue weighted by Gasteiger charge is -2.18. The van der Waals surface area contributed by atoms with Gasteiger partial charge >= 0.3 is 17.9 Å². The number of rotatable bonds is 52. The molecule has 0 N–H and O–H groups in total. The van der Waals surface area contributed by atoms with E-state index in [1.165, 1.54) is 167 Å². The van der Waals surface area contributed by atoms with Gasteiger partial charge in [-0.15, -0.1) is 0 Å². The second-order valence-electron chi connectivity index (χ2n) is 19.2. The lowest BCUT2D eigenvalue weighted by atomic mass is 10.0. The normalized spacial score (nSPS) is 12.6. The number of unbranched alkanes of at least 4 members (excludes halogenated alkanes) is 29. The molecule has 0 spiro atoms. The van der Waals surface area contributed by atoms with E-state index in [2.05, 4.69) is 81.5 Å². The fourth-order valence-corrected chi connectivity index (χ4v) is 8.13. The molecule has 0 aromatic rings. The van der Waals surface area contributed by atoms with Crippen LogP contribution in [0.15, 0.2) is 72.9 Å². The quantitative estimate of drug-likeness (QED) is 0.0262. The number of esters is 3. The lowest BCUT2D eigenvalue weighted by molar-refractivity contribution is -0.166. The van der Waals surface area contributed by atoms with Crippen LogP contribution in [0.4, 0.5) is 0 Å². The highest BCUT2D eigenvalue weighted by Crippen LogP contribution is 2.16. The average molecular weight is 950 g/mol. The van der Waals surface area contributed by atoms with Crippen LogP contribution in [-0.2, 0) is 28.6 Å². The molecule has 6 nitrogen and oxygen atoms in total. The third-order valence-electron chi connectivity index (χ3n) is 12.5. The third kappa shape index (κ3) is 53.8. The zero-order chi connectivity index (χ0) is 49.3. The zero-order valence-electron chi connectivity index (χ0n) is 44.9. The molecular formula is C62H108O6. The SMILES string of the molecule is CC/C=C\C/C=C\C/C=C\C/C=C\CCC(=O)OC(COC(=O)CCCCCCCC)COC(=O)CCCCCCCCCCCCCCCCCCCCC/C=C\C/C=C\CCCCCCC. The minimum atomic E-state index is -0.807. The molecule has 0 aliphatic rings. The maximum atomic E-state index is 12.7. The molecule has 0 bridgehead atoms. The van der Waals surface area contributed by atoms with Gasteiger partial charge in [0.25, 0.3) is 0 Å². The summed E-state index contributed by atoms with van der Waals surface area (Å²) >= 11 is 0. The molecule has 0 aromatic heterocycles. The van der Waals surface area contributed by atoms with Crippen molar-refractivity contribution in [2.45, 2.75) is 290 Å². The molecule has 392 valence electrons. The number of allylic oxidation sites excluding steroid dienone is 12. The summed E-state index contributed by atoms with van der Waals surface area (Å²) in [7, 11) is 0. The van der Waals surface area contributed by atoms with Crippen LogP contribution in [-0.4, -0.2) is 37.2 Å². The van der Waals surface area contributed by atoms with E-state index in [-0.39, 0.29) is 37.5 Å². The number of carbonyl (C=O) groups is 3. The average Bonchev–Trinajstić information content (AvgIpc) is 3.34. The van der Waals surface area contributed by atoms with Crippen LogP contribution in [0.5, 0.6) is 0 Å². The van der Waals surface area contributed by atoms with Crippen molar-refractivity contribution in [3.8, 4) is 0 Å². The first-order chi connectivity index (χ1) is 33.5. The van der Waals surface area contributed by atoms with Crippen molar-refractivity contribution >= 4 is 17.9 Å². The van der Waals surface area contributed by atoms with Crippen molar-refractivity contribution in [2.24, 2.45) is 0 Å². The Morgan fingerprint density at radius 3 is 0.956 bits per heavy atom. The Bertz CT molecular complexity index is 1270. The van der Waals surface area contributed by atoms with Gasteiger partial charge in [-0.1, -0.05) is 261 Å². The molecule has 6 heteroatoms. The van der Waals surface area contributed by atoms with E-state index in [0.29, 0.717) is 19.3 Å². The molecule has 0 rings (SSSR count). The molecule has 0 aliphatic carbocycles. The minimum Gasteiger partial charge on any atom is -0.462 e. The van der Waals surface area contributed by atoms with Gasteiger partial charge in [-0.05, 0) is 77.0 Å². The fraction of sp³-hybridized carbons (Fsp3) is 0.758. The Morgan fingerprint density at radius 1 is 0.309 bits per heavy atom. The van der Waals surface area contributed by atoms with Crippen LogP contribution in [0.1, 0.15) is 284 Å². The van der Waals surface area contributed by atoms with Gasteiger partial charge in [0.2, 0.25) is 0 Å². The molecule has 0 aliphatic heterocycles. The number of carbonyl (C=O) groups excluding carboxylic acids is 3. The Morgan fingerprint density at radius 2 is 0.603 bits per heavy atom. The number of hydrogen-bond acceptors (Lipinski definition) is 6. The van der Waals surface area contributed by atoms with Gasteiger partial charge < -0.3 is 14.2 Å². The summed E-state index contributed by atoms with van der Waals surface area (Å²) in [6.45, 7) is 6.40. The van der Waals surface area contributed by atoms with Gasteiger partial charge in [0.1, 0.15) is 13.2 Å². The van der Waals surface area contributed by atoms with Gasteiger partial charge in [0, 0.05) is 19.3 Å². The predicted molar refractivity (Wildman–Crippen MR) is 293 cm³/mol. The van der Waals surface area contributed by atoms with E-state index in [0.717, 1.165) is 70.6 Å². The Balaban J connectivity index is 4.00. The van der Waals surface area contributed by atoms with E-state index in [9.17, 15) is 14.4 Å². The molecular weight excluding hydrogens is 841 g/mol. The van der Waals surface area contributed by atoms with Gasteiger partial charge in [-0.2, -0.15) is 0 Å². The largest absolute Gasteiger partial charge is 0.462 e. The smallest absolute Gasteiger partial charge is 0.306 e. The van der Waals surface area contributed by atoms with Crippen LogP contribution in [0.2, 0.25) is 0 Å². The summed E-state index contributed by atoms with van der Waals surface area (Å²) in [4.78, 5) is 37.7. The monoisotopic (exact) mass is 949 g/mol. The predicted octanol–water partition coefficient (Wildman–Crippen LogP) is 19.4. The minimum absolute atomic E-state index is 0.102. The van der Waals surface area contributed by atoms with E-state index >= 15 is 0 Å². The zero-order valence-corrected chi connectivity index (χ0v) is 44.9. The molecule has 0 aromatic carbocycles. The summed E-state index contributed by atoms with van der Waals surface area (Å²) in [5.74, 6) is -0.989. The molecule has 0 saturated carbocycles. The molecule has 0 amide bonds. The van der Waals surface area contributed by atoms with Gasteiger partial charge in [0.15, 0.2) is 6.10 Å². The molecule has 0 fully saturated rings. The molecule has 0 radical (unpaired) electrons. The highest BCUT2D eigenvalue weighted by Gasteiger charge is 2.19. The van der Waals surface area contributed by atoms with Gasteiger partial charge in [-0.25, -0.2) is 0 Å². The molecule has 68 heavy (non-hydrogen) atoms. The number of ether oxygens (including phenoxy) is 3. The van der Waals surface area contributed by atoms with E-state index < -0.39 is 6.10 Å². The highest BCUT2D eigenvalue weighted by atomic mass is 16.6. The van der Waals surface area contributed by atoms with Crippen LogP contribution < -0.4 is 0 Å². The van der Waals surface area contributed by atoms with Crippen molar-refractivity contribution in [3.05, 3.63) is 72.9 Å². The van der Waals surface area contributed by atoms with E-state index in [1.807, 2.05) is 12.2 Å². The first-order valence-corrected chi connectivity index (χ1v) is 28.9. The standard InChI is InChI=1S/C62H108O6/c1-4-7-10-13-16-18-20-22-23-24-25-26-27-28-29-30-31-32-33-34-35-36-37-38-39-41-42-44-46-49-52-55-61(64)67-58-59(57-66-60(63)54-51-48-15-12-9-6-3)68-62(65)56-53-50-47-45-43-40-21-19-17-14-11-8-5-2/h8,11,17,19-20,22,24-25,40,43,47,50,59H,4-7,9-10,12-16,18,21,23,26-39,41-42,44-46,48-49,51-58H2,1-3H3/b11-8-,19-17-,22-20-,25-24-,43-40-,50-47-. The van der Waals surface area contributed by atoms with Crippen molar-refractivity contribution in [3.63, 3.8) is 0 Å². The molecule has 1 unspecified atom stereocenters. The third-order valence-corrected chi connectivity index (χ3v) is 12.5. The van der Waals surface area contributed by atoms with Crippen molar-refractivity contribution in [2.75, 3.05) is 13.2 Å². The maximum absolute atomic E-state index is 12.7. The summed E-state index contributed by atoms with van der Waals surface area (Å²) in [6.07, 6.45) is 72.6. The molecule has 1 atom stereocenters. The van der Waals surface area contributed by atoms with Crippen LogP contribution in [0, 0.1) is 0 Å². The van der Waals surface area contributed by atoms with E-state index in [1.54, 1.807) is 0 Å². The molecule has 0 heterocycles. The van der Waals surface area contributed by atoms with Crippen molar-refractivity contribution in [1.82, 2.24) is 0 Å². The van der Waals surface area contributed by atoms with Crippen LogP contribution in [0.3, 0.4) is 0 Å². The van der Waals surface area contributed by atoms with Crippen molar-refractivity contribution in [1.29, 1.82) is 0 Å². The maximum Gasteiger partial charge on any atom is 0.306 e. The summed E-state index contributed by atoms with van der Waals surface area (Å²) in [6, 6.07) is 0. The Kier molecular flexibility index (Phi) is 53.8. The Labute approximate surface area is 421 Å². The van der Waals surface area contributed by atoms with Crippen LogP contribution in [0.25, 0.3) is 0 Å². The second kappa shape index (κ2) is 56.4. The second-order valence-corrected chi connectivity index (χ2v) is 19.2. The lowest BCUT2D eigenvalue weighted by Crippen LogP contribution is -2.30.